The summed E-state index contributed by atoms with van der Waals surface area (Å²) in [6, 6.07) is 7.99. The summed E-state index contributed by atoms with van der Waals surface area (Å²) in [5.41, 5.74) is 1.08. The van der Waals surface area contributed by atoms with Crippen molar-refractivity contribution in [2.45, 2.75) is 18.8 Å². The fourth-order valence-electron chi connectivity index (χ4n) is 2.54. The normalized spacial score (nSPS) is 16.5. The highest BCUT2D eigenvalue weighted by atomic mass is 16.5. The molecule has 0 saturated carbocycles. The molecule has 2 heterocycles. The van der Waals surface area contributed by atoms with Gasteiger partial charge in [0.05, 0.1) is 7.11 Å². The molecule has 3 rings (SSSR count). The summed E-state index contributed by atoms with van der Waals surface area (Å²) in [7, 11) is 1.67. The van der Waals surface area contributed by atoms with Crippen LogP contribution in [0.5, 0.6) is 5.75 Å². The van der Waals surface area contributed by atoms with Crippen molar-refractivity contribution in [3.63, 3.8) is 0 Å². The molecule has 1 aliphatic rings. The Morgan fingerprint density at radius 3 is 2.63 bits per heavy atom. The summed E-state index contributed by atoms with van der Waals surface area (Å²) < 4.78 is 7.26. The molecule has 1 aliphatic heterocycles. The average Bonchev–Trinajstić information content (AvgIpc) is 2.98. The molecule has 0 unspecified atom stereocenters. The Hall–Kier alpha value is -1.88. The molecular weight excluding hydrogens is 240 g/mol. The summed E-state index contributed by atoms with van der Waals surface area (Å²) in [5, 5.41) is 11.8. The van der Waals surface area contributed by atoms with E-state index >= 15 is 0 Å². The molecule has 0 atom stereocenters. The number of piperidine rings is 1. The number of rotatable bonds is 3. The molecule has 100 valence electrons. The van der Waals surface area contributed by atoms with Gasteiger partial charge in [-0.2, -0.15) is 0 Å². The number of hydrogen-bond acceptors (Lipinski definition) is 4. The molecular formula is C14H18N4O. The average molecular weight is 258 g/mol. The van der Waals surface area contributed by atoms with E-state index in [2.05, 4.69) is 20.1 Å². The van der Waals surface area contributed by atoms with Crippen molar-refractivity contribution < 1.29 is 4.74 Å². The van der Waals surface area contributed by atoms with E-state index in [1.807, 2.05) is 24.3 Å². The van der Waals surface area contributed by atoms with Gasteiger partial charge in [0.2, 0.25) is 0 Å². The Labute approximate surface area is 112 Å². The standard InChI is InChI=1S/C14H18N4O/c1-19-13-4-2-12(3-5-13)18-10-16-17-14(18)11-6-8-15-9-7-11/h2-5,10-11,15H,6-9H2,1H3. The second-order valence-electron chi connectivity index (χ2n) is 4.78. The first-order valence-corrected chi connectivity index (χ1v) is 6.63. The lowest BCUT2D eigenvalue weighted by Gasteiger charge is -2.22. The van der Waals surface area contributed by atoms with E-state index in [0.29, 0.717) is 5.92 Å². The first-order valence-electron chi connectivity index (χ1n) is 6.63. The van der Waals surface area contributed by atoms with Gasteiger partial charge in [0.15, 0.2) is 0 Å². The van der Waals surface area contributed by atoms with Gasteiger partial charge in [0, 0.05) is 11.6 Å². The van der Waals surface area contributed by atoms with Crippen LogP contribution in [0.2, 0.25) is 0 Å². The van der Waals surface area contributed by atoms with Crippen molar-refractivity contribution in [2.75, 3.05) is 20.2 Å². The molecule has 1 fully saturated rings. The van der Waals surface area contributed by atoms with E-state index in [0.717, 1.165) is 43.2 Å². The first-order chi connectivity index (χ1) is 9.38. The third-order valence-corrected chi connectivity index (χ3v) is 3.63. The molecule has 19 heavy (non-hydrogen) atoms. The number of nitrogens with one attached hydrogen (secondary N) is 1. The largest absolute Gasteiger partial charge is 0.497 e. The summed E-state index contributed by atoms with van der Waals surface area (Å²) >= 11 is 0. The molecule has 5 nitrogen and oxygen atoms in total. The predicted octanol–water partition coefficient (Wildman–Crippen LogP) is 1.74. The minimum absolute atomic E-state index is 0.492. The lowest BCUT2D eigenvalue weighted by molar-refractivity contribution is 0.414. The van der Waals surface area contributed by atoms with E-state index in [4.69, 9.17) is 4.74 Å². The van der Waals surface area contributed by atoms with Crippen molar-refractivity contribution in [1.82, 2.24) is 20.1 Å². The van der Waals surface area contributed by atoms with Crippen LogP contribution in [-0.4, -0.2) is 35.0 Å². The maximum absolute atomic E-state index is 5.18. The number of hydrogen-bond donors (Lipinski definition) is 1. The smallest absolute Gasteiger partial charge is 0.140 e. The van der Waals surface area contributed by atoms with Crippen LogP contribution in [0, 0.1) is 0 Å². The maximum Gasteiger partial charge on any atom is 0.140 e. The molecule has 5 heteroatoms. The first kappa shape index (κ1) is 12.2. The third kappa shape index (κ3) is 2.46. The second-order valence-corrected chi connectivity index (χ2v) is 4.78. The van der Waals surface area contributed by atoms with Gasteiger partial charge < -0.3 is 10.1 Å². The number of benzene rings is 1. The van der Waals surface area contributed by atoms with Gasteiger partial charge in [0.1, 0.15) is 17.9 Å². The molecule has 1 aromatic carbocycles. The van der Waals surface area contributed by atoms with Gasteiger partial charge in [-0.3, -0.25) is 4.57 Å². The molecule has 0 aliphatic carbocycles. The quantitative estimate of drug-likeness (QED) is 0.911. The van der Waals surface area contributed by atoms with Gasteiger partial charge in [0.25, 0.3) is 0 Å². The van der Waals surface area contributed by atoms with Gasteiger partial charge >= 0.3 is 0 Å². The molecule has 1 saturated heterocycles. The van der Waals surface area contributed by atoms with Crippen molar-refractivity contribution in [3.05, 3.63) is 36.4 Å². The number of aromatic nitrogens is 3. The molecule has 2 aromatic rings. The Bertz CT molecular complexity index is 529. The maximum atomic E-state index is 5.18. The van der Waals surface area contributed by atoms with E-state index in [1.165, 1.54) is 0 Å². The Morgan fingerprint density at radius 2 is 1.95 bits per heavy atom. The molecule has 0 spiro atoms. The lowest BCUT2D eigenvalue weighted by atomic mass is 9.97. The van der Waals surface area contributed by atoms with Crippen molar-refractivity contribution >= 4 is 0 Å². The SMILES string of the molecule is COc1ccc(-n2cnnc2C2CCNCC2)cc1. The summed E-state index contributed by atoms with van der Waals surface area (Å²) in [4.78, 5) is 0. The van der Waals surface area contributed by atoms with E-state index in [9.17, 15) is 0 Å². The lowest BCUT2D eigenvalue weighted by Crippen LogP contribution is -2.28. The Kier molecular flexibility index (Phi) is 3.46. The van der Waals surface area contributed by atoms with Gasteiger partial charge in [-0.15, -0.1) is 10.2 Å². The zero-order valence-corrected chi connectivity index (χ0v) is 11.0. The highest BCUT2D eigenvalue weighted by molar-refractivity contribution is 5.38. The van der Waals surface area contributed by atoms with Crippen molar-refractivity contribution in [1.29, 1.82) is 0 Å². The highest BCUT2D eigenvalue weighted by Crippen LogP contribution is 2.25. The van der Waals surface area contributed by atoms with Crippen LogP contribution in [0.3, 0.4) is 0 Å². The summed E-state index contributed by atoms with van der Waals surface area (Å²) in [6.07, 6.45) is 4.03. The molecule has 1 N–H and O–H groups in total. The van der Waals surface area contributed by atoms with Gasteiger partial charge in [-0.05, 0) is 50.2 Å². The van der Waals surface area contributed by atoms with Crippen LogP contribution < -0.4 is 10.1 Å². The van der Waals surface area contributed by atoms with Crippen LogP contribution in [0.15, 0.2) is 30.6 Å². The minimum Gasteiger partial charge on any atom is -0.497 e. The van der Waals surface area contributed by atoms with E-state index in [1.54, 1.807) is 13.4 Å². The summed E-state index contributed by atoms with van der Waals surface area (Å²) in [5.74, 6) is 2.41. The predicted molar refractivity (Wildman–Crippen MR) is 72.8 cm³/mol. The van der Waals surface area contributed by atoms with Crippen LogP contribution >= 0.6 is 0 Å². The fourth-order valence-corrected chi connectivity index (χ4v) is 2.54. The van der Waals surface area contributed by atoms with Crippen LogP contribution in [0.1, 0.15) is 24.6 Å². The van der Waals surface area contributed by atoms with Crippen molar-refractivity contribution in [2.24, 2.45) is 0 Å². The second kappa shape index (κ2) is 5.40. The van der Waals surface area contributed by atoms with Gasteiger partial charge in [-0.25, -0.2) is 0 Å². The van der Waals surface area contributed by atoms with E-state index in [-0.39, 0.29) is 0 Å². The van der Waals surface area contributed by atoms with Crippen LogP contribution in [0.4, 0.5) is 0 Å². The monoisotopic (exact) mass is 258 g/mol. The number of nitrogens with zero attached hydrogens (tertiary/aromatic N) is 3. The number of ether oxygens (including phenoxy) is 1. The summed E-state index contributed by atoms with van der Waals surface area (Å²) in [6.45, 7) is 2.11. The fraction of sp³-hybridized carbons (Fsp3) is 0.429. The van der Waals surface area contributed by atoms with E-state index < -0.39 is 0 Å². The minimum atomic E-state index is 0.492. The topological polar surface area (TPSA) is 52.0 Å². The highest BCUT2D eigenvalue weighted by Gasteiger charge is 2.21. The Balaban J connectivity index is 1.89. The van der Waals surface area contributed by atoms with Crippen LogP contribution in [0.25, 0.3) is 5.69 Å². The van der Waals surface area contributed by atoms with Crippen LogP contribution in [-0.2, 0) is 0 Å². The zero-order chi connectivity index (χ0) is 13.1. The van der Waals surface area contributed by atoms with Crippen molar-refractivity contribution in [3.8, 4) is 11.4 Å². The molecule has 1 aromatic heterocycles. The van der Waals surface area contributed by atoms with Gasteiger partial charge in [-0.1, -0.05) is 0 Å². The molecule has 0 radical (unpaired) electrons. The molecule has 0 bridgehead atoms. The number of methoxy groups -OCH3 is 1. The zero-order valence-electron chi connectivity index (χ0n) is 11.0. The molecule has 0 amide bonds. The third-order valence-electron chi connectivity index (χ3n) is 3.63. The Morgan fingerprint density at radius 1 is 1.21 bits per heavy atom.